The first kappa shape index (κ1) is 23.9. The third-order valence-corrected chi connectivity index (χ3v) is 7.32. The maximum atomic E-state index is 13.3. The third kappa shape index (κ3) is 4.77. The molecule has 8 nitrogen and oxygen atoms in total. The number of imidazole rings is 2. The predicted molar refractivity (Wildman–Crippen MR) is 145 cm³/mol. The van der Waals surface area contributed by atoms with Gasteiger partial charge in [0.05, 0.1) is 19.2 Å². The highest BCUT2D eigenvalue weighted by molar-refractivity contribution is 5.97. The molecule has 0 bridgehead atoms. The number of ether oxygens (including phenoxy) is 1. The number of hydrogen-bond acceptors (Lipinski definition) is 5. The molecule has 38 heavy (non-hydrogen) atoms. The fourth-order valence-electron chi connectivity index (χ4n) is 5.31. The molecule has 8 heteroatoms. The molecule has 0 atom stereocenters. The first-order valence-electron chi connectivity index (χ1n) is 13.0. The van der Waals surface area contributed by atoms with Gasteiger partial charge in [0.25, 0.3) is 5.91 Å². The van der Waals surface area contributed by atoms with E-state index in [1.807, 2.05) is 60.0 Å². The van der Waals surface area contributed by atoms with Gasteiger partial charge in [-0.3, -0.25) is 4.79 Å². The predicted octanol–water partition coefficient (Wildman–Crippen LogP) is 4.75. The minimum atomic E-state index is -0.0567. The van der Waals surface area contributed by atoms with E-state index in [-0.39, 0.29) is 11.8 Å². The second kappa shape index (κ2) is 10.5. The summed E-state index contributed by atoms with van der Waals surface area (Å²) in [4.78, 5) is 29.2. The van der Waals surface area contributed by atoms with Crippen LogP contribution in [0.25, 0.3) is 10.9 Å². The van der Waals surface area contributed by atoms with Gasteiger partial charge in [-0.05, 0) is 30.5 Å². The molecule has 4 heterocycles. The molecule has 5 aromatic rings. The highest BCUT2D eigenvalue weighted by Gasteiger charge is 2.28. The van der Waals surface area contributed by atoms with Crippen molar-refractivity contribution in [1.82, 2.24) is 29.0 Å². The van der Waals surface area contributed by atoms with Crippen LogP contribution in [0.3, 0.4) is 0 Å². The van der Waals surface area contributed by atoms with Crippen LogP contribution < -0.4 is 4.74 Å². The van der Waals surface area contributed by atoms with E-state index in [4.69, 9.17) is 9.72 Å². The Labute approximate surface area is 221 Å². The van der Waals surface area contributed by atoms with Crippen LogP contribution in [-0.4, -0.2) is 55.1 Å². The monoisotopic (exact) mass is 506 g/mol. The van der Waals surface area contributed by atoms with E-state index in [0.29, 0.717) is 31.1 Å². The Balaban J connectivity index is 1.13. The summed E-state index contributed by atoms with van der Waals surface area (Å²) >= 11 is 0. The lowest BCUT2D eigenvalue weighted by Crippen LogP contribution is -2.38. The fraction of sp³-hybridized carbons (Fsp3) is 0.267. The zero-order valence-corrected chi connectivity index (χ0v) is 21.4. The Kier molecular flexibility index (Phi) is 6.60. The molecular formula is C30H30N6O2. The first-order chi connectivity index (χ1) is 18.7. The Morgan fingerprint density at radius 1 is 0.921 bits per heavy atom. The number of hydrogen-bond donors (Lipinski definition) is 0. The van der Waals surface area contributed by atoms with Crippen LogP contribution >= 0.6 is 0 Å². The Hall–Kier alpha value is -4.46. The molecule has 0 spiro atoms. The number of nitrogens with zero attached hydrogens (tertiary/aromatic N) is 6. The number of amides is 1. The van der Waals surface area contributed by atoms with E-state index in [2.05, 4.69) is 43.4 Å². The number of carbonyl (C=O) groups excluding carboxylic acids is 1. The summed E-state index contributed by atoms with van der Waals surface area (Å²) in [5, 5.41) is 0.904. The Bertz CT molecular complexity index is 1550. The second-order valence-corrected chi connectivity index (χ2v) is 9.66. The average molecular weight is 507 g/mol. The SMILES string of the molecule is COc1cc(C(=O)N2CCC(c3nccn3Cc3nccn3Cc3ccccc3)CC2)nc2ccccc12. The van der Waals surface area contributed by atoms with Crippen molar-refractivity contribution in [3.63, 3.8) is 0 Å². The van der Waals surface area contributed by atoms with Gasteiger partial charge in [0.1, 0.15) is 23.1 Å². The molecule has 0 N–H and O–H groups in total. The number of benzene rings is 2. The van der Waals surface area contributed by atoms with Crippen LogP contribution in [0.5, 0.6) is 5.75 Å². The second-order valence-electron chi connectivity index (χ2n) is 9.66. The third-order valence-electron chi connectivity index (χ3n) is 7.32. The van der Waals surface area contributed by atoms with Crippen LogP contribution in [0.4, 0.5) is 0 Å². The van der Waals surface area contributed by atoms with Gasteiger partial charge in [0, 0.05) is 61.8 Å². The van der Waals surface area contributed by atoms with Crippen LogP contribution in [-0.2, 0) is 13.1 Å². The van der Waals surface area contributed by atoms with Gasteiger partial charge in [-0.1, -0.05) is 42.5 Å². The molecule has 1 fully saturated rings. The number of fused-ring (bicyclic) bond motifs is 1. The summed E-state index contributed by atoms with van der Waals surface area (Å²) in [5.74, 6) is 2.94. The molecular weight excluding hydrogens is 476 g/mol. The summed E-state index contributed by atoms with van der Waals surface area (Å²) in [7, 11) is 1.62. The smallest absolute Gasteiger partial charge is 0.272 e. The quantitative estimate of drug-likeness (QED) is 0.318. The van der Waals surface area contributed by atoms with Crippen LogP contribution in [0.1, 0.15) is 46.5 Å². The van der Waals surface area contributed by atoms with Gasteiger partial charge in [-0.25, -0.2) is 15.0 Å². The molecule has 192 valence electrons. The molecule has 2 aromatic carbocycles. The van der Waals surface area contributed by atoms with Crippen molar-refractivity contribution < 1.29 is 9.53 Å². The van der Waals surface area contributed by atoms with Crippen LogP contribution in [0.2, 0.25) is 0 Å². The van der Waals surface area contributed by atoms with Crippen molar-refractivity contribution in [3.8, 4) is 5.75 Å². The summed E-state index contributed by atoms with van der Waals surface area (Å²) in [6.45, 7) is 2.77. The molecule has 1 aliphatic rings. The number of methoxy groups -OCH3 is 1. The van der Waals surface area contributed by atoms with E-state index in [1.54, 1.807) is 13.2 Å². The molecule has 6 rings (SSSR count). The summed E-state index contributed by atoms with van der Waals surface area (Å²) in [6, 6.07) is 19.9. The molecule has 0 radical (unpaired) electrons. The zero-order valence-electron chi connectivity index (χ0n) is 21.4. The molecule has 0 saturated carbocycles. The summed E-state index contributed by atoms with van der Waals surface area (Å²) < 4.78 is 9.92. The molecule has 3 aromatic heterocycles. The fourth-order valence-corrected chi connectivity index (χ4v) is 5.31. The molecule has 1 aliphatic heterocycles. The van der Waals surface area contributed by atoms with E-state index in [0.717, 1.165) is 41.9 Å². The number of carbonyl (C=O) groups is 1. The highest BCUT2D eigenvalue weighted by Crippen LogP contribution is 2.30. The van der Waals surface area contributed by atoms with Crippen molar-refractivity contribution in [1.29, 1.82) is 0 Å². The van der Waals surface area contributed by atoms with Crippen LogP contribution in [0.15, 0.2) is 85.5 Å². The largest absolute Gasteiger partial charge is 0.496 e. The molecule has 0 unspecified atom stereocenters. The minimum Gasteiger partial charge on any atom is -0.496 e. The van der Waals surface area contributed by atoms with E-state index in [9.17, 15) is 4.79 Å². The van der Waals surface area contributed by atoms with Gasteiger partial charge in [0.15, 0.2) is 0 Å². The van der Waals surface area contributed by atoms with Gasteiger partial charge >= 0.3 is 0 Å². The number of aromatic nitrogens is 5. The van der Waals surface area contributed by atoms with Crippen molar-refractivity contribution in [2.24, 2.45) is 0 Å². The van der Waals surface area contributed by atoms with Gasteiger partial charge < -0.3 is 18.8 Å². The van der Waals surface area contributed by atoms with E-state index in [1.165, 1.54) is 5.56 Å². The number of para-hydroxylation sites is 1. The lowest BCUT2D eigenvalue weighted by atomic mass is 9.95. The highest BCUT2D eigenvalue weighted by atomic mass is 16.5. The number of rotatable bonds is 7. The zero-order chi connectivity index (χ0) is 25.9. The summed E-state index contributed by atoms with van der Waals surface area (Å²) in [5.41, 5.74) is 2.43. The molecule has 0 aliphatic carbocycles. The Morgan fingerprint density at radius 3 is 2.47 bits per heavy atom. The van der Waals surface area contributed by atoms with Crippen molar-refractivity contribution in [2.45, 2.75) is 31.8 Å². The standard InChI is InChI=1S/C30H30N6O2/c1-38-27-19-26(33-25-10-6-5-9-24(25)27)30(37)34-15-11-23(12-16-34)29-32-14-18-36(29)21-28-31-13-17-35(28)20-22-7-3-2-4-8-22/h2-10,13-14,17-19,23H,11-12,15-16,20-21H2,1H3. The Morgan fingerprint density at radius 2 is 1.66 bits per heavy atom. The number of pyridine rings is 1. The minimum absolute atomic E-state index is 0.0567. The molecule has 1 amide bonds. The lowest BCUT2D eigenvalue weighted by molar-refractivity contribution is 0.0704. The maximum absolute atomic E-state index is 13.3. The average Bonchev–Trinajstić information content (AvgIpc) is 3.62. The van der Waals surface area contributed by atoms with Crippen LogP contribution in [0, 0.1) is 0 Å². The maximum Gasteiger partial charge on any atom is 0.272 e. The number of piperidine rings is 1. The van der Waals surface area contributed by atoms with Gasteiger partial charge in [0.2, 0.25) is 0 Å². The van der Waals surface area contributed by atoms with E-state index >= 15 is 0 Å². The van der Waals surface area contributed by atoms with E-state index < -0.39 is 0 Å². The first-order valence-corrected chi connectivity index (χ1v) is 13.0. The number of likely N-dealkylation sites (tertiary alicyclic amines) is 1. The normalized spacial score (nSPS) is 14.2. The van der Waals surface area contributed by atoms with Crippen molar-refractivity contribution >= 4 is 16.8 Å². The lowest BCUT2D eigenvalue weighted by Gasteiger charge is -2.32. The van der Waals surface area contributed by atoms with Crippen molar-refractivity contribution in [3.05, 3.63) is 108 Å². The van der Waals surface area contributed by atoms with Crippen molar-refractivity contribution in [2.75, 3.05) is 20.2 Å². The van der Waals surface area contributed by atoms with Gasteiger partial charge in [-0.15, -0.1) is 0 Å². The van der Waals surface area contributed by atoms with Gasteiger partial charge in [-0.2, -0.15) is 0 Å². The topological polar surface area (TPSA) is 78.1 Å². The summed E-state index contributed by atoms with van der Waals surface area (Å²) in [6.07, 6.45) is 9.48. The molecule has 1 saturated heterocycles.